The van der Waals surface area contributed by atoms with Gasteiger partial charge in [0, 0.05) is 11.3 Å². The largest absolute Gasteiger partial charge is 0.477 e. The number of carboxylic acid groups (broad SMARTS) is 1. The highest BCUT2D eigenvalue weighted by atomic mass is 32.2. The van der Waals surface area contributed by atoms with Crippen molar-refractivity contribution in [2.75, 3.05) is 5.75 Å². The molecule has 2 aromatic rings. The fourth-order valence-corrected chi connectivity index (χ4v) is 3.76. The third kappa shape index (κ3) is 3.41. The lowest BCUT2D eigenvalue weighted by Gasteiger charge is -2.06. The van der Waals surface area contributed by atoms with Gasteiger partial charge in [0.05, 0.1) is 5.69 Å². The van der Waals surface area contributed by atoms with Crippen LogP contribution >= 0.6 is 23.1 Å². The Hall–Kier alpha value is -1.33. The lowest BCUT2D eigenvalue weighted by Crippen LogP contribution is -1.94. The number of hydrogen-bond acceptors (Lipinski definition) is 4. The molecule has 0 spiro atoms. The Kier molecular flexibility index (Phi) is 5.20. The van der Waals surface area contributed by atoms with Crippen LogP contribution in [0.15, 0.2) is 24.3 Å². The van der Waals surface area contributed by atoms with Crippen molar-refractivity contribution in [1.29, 1.82) is 0 Å². The van der Waals surface area contributed by atoms with Crippen LogP contribution in [0.1, 0.15) is 34.3 Å². The Morgan fingerprint density at radius 2 is 2.15 bits per heavy atom. The van der Waals surface area contributed by atoms with E-state index in [0.717, 1.165) is 28.5 Å². The molecular formula is C15H17NO2S2. The fourth-order valence-electron chi connectivity index (χ4n) is 1.89. The number of carboxylic acids is 1. The second-order valence-corrected chi connectivity index (χ2v) is 6.55. The summed E-state index contributed by atoms with van der Waals surface area (Å²) >= 11 is 3.15. The number of carbonyl (C=O) groups is 1. The zero-order valence-electron chi connectivity index (χ0n) is 11.5. The molecule has 0 saturated carbocycles. The first-order valence-corrected chi connectivity index (χ1v) is 8.47. The molecule has 0 aliphatic carbocycles. The number of thioether (sulfide) groups is 1. The fraction of sp³-hybridized carbons (Fsp3) is 0.333. The molecule has 106 valence electrons. The number of rotatable bonds is 6. The molecule has 0 bridgehead atoms. The summed E-state index contributed by atoms with van der Waals surface area (Å²) in [5.74, 6) is 1.17. The van der Waals surface area contributed by atoms with Gasteiger partial charge in [-0.2, -0.15) is 11.8 Å². The van der Waals surface area contributed by atoms with Gasteiger partial charge in [-0.25, -0.2) is 9.78 Å². The molecule has 1 aromatic carbocycles. The molecule has 2 rings (SSSR count). The van der Waals surface area contributed by atoms with Crippen molar-refractivity contribution in [2.45, 2.75) is 26.0 Å². The summed E-state index contributed by atoms with van der Waals surface area (Å²) in [7, 11) is 0. The van der Waals surface area contributed by atoms with E-state index < -0.39 is 5.97 Å². The quantitative estimate of drug-likeness (QED) is 0.800. The van der Waals surface area contributed by atoms with Crippen LogP contribution in [0.5, 0.6) is 0 Å². The van der Waals surface area contributed by atoms with Crippen molar-refractivity contribution < 1.29 is 9.90 Å². The minimum atomic E-state index is -0.899. The molecule has 3 nitrogen and oxygen atoms in total. The summed E-state index contributed by atoms with van der Waals surface area (Å²) in [4.78, 5) is 15.9. The zero-order valence-corrected chi connectivity index (χ0v) is 13.2. The SMILES string of the molecule is CCCSCc1ccccc1-c1nc(C)c(C(=O)O)s1. The number of aromatic carboxylic acids is 1. The Morgan fingerprint density at radius 3 is 2.80 bits per heavy atom. The monoisotopic (exact) mass is 307 g/mol. The molecule has 0 saturated heterocycles. The van der Waals surface area contributed by atoms with Crippen molar-refractivity contribution in [3.63, 3.8) is 0 Å². The average Bonchev–Trinajstić information content (AvgIpc) is 2.82. The van der Waals surface area contributed by atoms with Gasteiger partial charge in [0.25, 0.3) is 0 Å². The number of nitrogens with zero attached hydrogens (tertiary/aromatic N) is 1. The van der Waals surface area contributed by atoms with Crippen LogP contribution in [0, 0.1) is 6.92 Å². The van der Waals surface area contributed by atoms with E-state index in [1.807, 2.05) is 30.0 Å². The molecule has 1 aromatic heterocycles. The highest BCUT2D eigenvalue weighted by Crippen LogP contribution is 2.32. The third-order valence-corrected chi connectivity index (χ3v) is 5.24. The first-order valence-electron chi connectivity index (χ1n) is 6.50. The second-order valence-electron chi connectivity index (χ2n) is 4.45. The molecule has 5 heteroatoms. The van der Waals surface area contributed by atoms with E-state index in [0.29, 0.717) is 10.6 Å². The van der Waals surface area contributed by atoms with E-state index >= 15 is 0 Å². The number of thiazole rings is 1. The standard InChI is InChI=1S/C15H17NO2S2/c1-3-8-19-9-11-6-4-5-7-12(11)14-16-10(2)13(20-14)15(17)18/h4-7H,3,8-9H2,1-2H3,(H,17,18). The third-order valence-electron chi connectivity index (χ3n) is 2.84. The minimum absolute atomic E-state index is 0.330. The minimum Gasteiger partial charge on any atom is -0.477 e. The van der Waals surface area contributed by atoms with Gasteiger partial charge in [-0.1, -0.05) is 31.2 Å². The average molecular weight is 307 g/mol. The van der Waals surface area contributed by atoms with Crippen molar-refractivity contribution >= 4 is 29.1 Å². The number of aryl methyl sites for hydroxylation is 1. The first kappa shape index (κ1) is 15.1. The van der Waals surface area contributed by atoms with Gasteiger partial charge in [-0.15, -0.1) is 11.3 Å². The molecule has 0 fully saturated rings. The van der Waals surface area contributed by atoms with Gasteiger partial charge in [-0.3, -0.25) is 0 Å². The Balaban J connectivity index is 2.32. The summed E-state index contributed by atoms with van der Waals surface area (Å²) in [6.45, 7) is 3.92. The summed E-state index contributed by atoms with van der Waals surface area (Å²) in [5.41, 5.74) is 2.86. The Bertz CT molecular complexity index is 608. The maximum absolute atomic E-state index is 11.1. The smallest absolute Gasteiger partial charge is 0.347 e. The van der Waals surface area contributed by atoms with Gasteiger partial charge in [0.15, 0.2) is 0 Å². The van der Waals surface area contributed by atoms with Crippen LogP contribution in [-0.4, -0.2) is 21.8 Å². The molecule has 0 radical (unpaired) electrons. The van der Waals surface area contributed by atoms with Crippen LogP contribution in [0.2, 0.25) is 0 Å². The molecule has 0 amide bonds. The lowest BCUT2D eigenvalue weighted by molar-refractivity contribution is 0.0701. The highest BCUT2D eigenvalue weighted by molar-refractivity contribution is 7.98. The summed E-state index contributed by atoms with van der Waals surface area (Å²) in [6, 6.07) is 8.10. The van der Waals surface area contributed by atoms with Gasteiger partial charge in [0.1, 0.15) is 9.88 Å². The van der Waals surface area contributed by atoms with Crippen LogP contribution in [0.4, 0.5) is 0 Å². The maximum atomic E-state index is 11.1. The molecule has 1 heterocycles. The molecule has 20 heavy (non-hydrogen) atoms. The molecule has 0 aliphatic rings. The molecular weight excluding hydrogens is 290 g/mol. The van der Waals surface area contributed by atoms with Crippen LogP contribution < -0.4 is 0 Å². The normalized spacial score (nSPS) is 10.7. The van der Waals surface area contributed by atoms with E-state index in [2.05, 4.69) is 18.0 Å². The predicted molar refractivity (Wildman–Crippen MR) is 85.7 cm³/mol. The van der Waals surface area contributed by atoms with Crippen molar-refractivity contribution in [3.8, 4) is 10.6 Å². The second kappa shape index (κ2) is 6.90. The van der Waals surface area contributed by atoms with E-state index in [4.69, 9.17) is 5.11 Å². The van der Waals surface area contributed by atoms with Crippen LogP contribution in [-0.2, 0) is 5.75 Å². The zero-order chi connectivity index (χ0) is 14.5. The van der Waals surface area contributed by atoms with Crippen LogP contribution in [0.25, 0.3) is 10.6 Å². The topological polar surface area (TPSA) is 50.2 Å². The van der Waals surface area contributed by atoms with Gasteiger partial charge >= 0.3 is 5.97 Å². The van der Waals surface area contributed by atoms with Crippen molar-refractivity contribution in [1.82, 2.24) is 4.98 Å². The van der Waals surface area contributed by atoms with Gasteiger partial charge < -0.3 is 5.11 Å². The Labute approximate surface area is 127 Å². The highest BCUT2D eigenvalue weighted by Gasteiger charge is 2.16. The lowest BCUT2D eigenvalue weighted by atomic mass is 10.1. The van der Waals surface area contributed by atoms with Gasteiger partial charge in [0.2, 0.25) is 0 Å². The first-order chi connectivity index (χ1) is 9.63. The number of hydrogen-bond donors (Lipinski definition) is 1. The molecule has 0 aliphatic heterocycles. The van der Waals surface area contributed by atoms with Crippen molar-refractivity contribution in [2.24, 2.45) is 0 Å². The number of aromatic nitrogens is 1. The van der Waals surface area contributed by atoms with E-state index in [-0.39, 0.29) is 0 Å². The summed E-state index contributed by atoms with van der Waals surface area (Å²) < 4.78 is 0. The van der Waals surface area contributed by atoms with Crippen molar-refractivity contribution in [3.05, 3.63) is 40.4 Å². The molecule has 0 unspecified atom stereocenters. The van der Waals surface area contributed by atoms with E-state index in [1.54, 1.807) is 6.92 Å². The number of benzene rings is 1. The summed E-state index contributed by atoms with van der Waals surface area (Å²) in [5, 5.41) is 9.93. The van der Waals surface area contributed by atoms with E-state index in [1.165, 1.54) is 16.9 Å². The van der Waals surface area contributed by atoms with E-state index in [9.17, 15) is 4.79 Å². The van der Waals surface area contributed by atoms with Gasteiger partial charge in [-0.05, 0) is 24.7 Å². The summed E-state index contributed by atoms with van der Waals surface area (Å²) in [6.07, 6.45) is 1.16. The molecule has 0 atom stereocenters. The predicted octanol–water partition coefficient (Wildman–Crippen LogP) is 4.46. The van der Waals surface area contributed by atoms with Crippen LogP contribution in [0.3, 0.4) is 0 Å². The molecule has 1 N–H and O–H groups in total. The Morgan fingerprint density at radius 1 is 1.40 bits per heavy atom. The maximum Gasteiger partial charge on any atom is 0.347 e.